The maximum Gasteiger partial charge on any atom is 0.224 e. The smallest absolute Gasteiger partial charge is 0.224 e. The predicted molar refractivity (Wildman–Crippen MR) is 75.1 cm³/mol. The minimum Gasteiger partial charge on any atom is -0.357 e. The second kappa shape index (κ2) is 5.13. The van der Waals surface area contributed by atoms with E-state index in [0.29, 0.717) is 24.4 Å². The van der Waals surface area contributed by atoms with Crippen molar-refractivity contribution < 1.29 is 4.39 Å². The molecule has 0 aliphatic heterocycles. The lowest BCUT2D eigenvalue weighted by Gasteiger charge is -2.23. The normalized spacial score (nSPS) is 14.4. The molecule has 0 unspecified atom stereocenters. The van der Waals surface area contributed by atoms with Gasteiger partial charge < -0.3 is 10.2 Å². The van der Waals surface area contributed by atoms with Gasteiger partial charge in [-0.2, -0.15) is 16.3 Å². The quantitative estimate of drug-likeness (QED) is 0.913. The highest BCUT2D eigenvalue weighted by Gasteiger charge is 2.32. The third-order valence-electron chi connectivity index (χ3n) is 3.14. The number of rotatable bonds is 5. The highest BCUT2D eigenvalue weighted by molar-refractivity contribution is 7.07. The van der Waals surface area contributed by atoms with Crippen molar-refractivity contribution in [2.75, 3.05) is 17.3 Å². The molecule has 0 aromatic carbocycles. The van der Waals surface area contributed by atoms with E-state index >= 15 is 0 Å². The van der Waals surface area contributed by atoms with E-state index in [1.807, 2.05) is 10.3 Å². The number of anilines is 2. The van der Waals surface area contributed by atoms with Crippen LogP contribution in [0.15, 0.2) is 23.0 Å². The standard InChI is InChI=1S/C13H15FN4S/c1-15-13-16-6-11(14)12(17-13)18(10-2-3-10)7-9-4-5-19-8-9/h4-6,8,10H,2-3,7H2,1H3,(H,15,16,17). The molecule has 4 nitrogen and oxygen atoms in total. The van der Waals surface area contributed by atoms with Crippen LogP contribution in [-0.4, -0.2) is 23.1 Å². The van der Waals surface area contributed by atoms with Gasteiger partial charge in [0.05, 0.1) is 6.20 Å². The fourth-order valence-corrected chi connectivity index (χ4v) is 2.68. The molecule has 2 aromatic rings. The van der Waals surface area contributed by atoms with Gasteiger partial charge in [0.1, 0.15) is 0 Å². The second-order valence-corrected chi connectivity index (χ2v) is 5.39. The van der Waals surface area contributed by atoms with Crippen LogP contribution < -0.4 is 10.2 Å². The molecular formula is C13H15FN4S. The van der Waals surface area contributed by atoms with Crippen molar-refractivity contribution in [3.05, 3.63) is 34.4 Å². The molecule has 0 spiro atoms. The molecule has 1 fully saturated rings. The van der Waals surface area contributed by atoms with Gasteiger partial charge in [-0.3, -0.25) is 0 Å². The molecule has 100 valence electrons. The van der Waals surface area contributed by atoms with Crippen LogP contribution >= 0.6 is 11.3 Å². The van der Waals surface area contributed by atoms with Crippen LogP contribution in [0, 0.1) is 5.82 Å². The van der Waals surface area contributed by atoms with Gasteiger partial charge in [0.2, 0.25) is 5.95 Å². The SMILES string of the molecule is CNc1ncc(F)c(N(Cc2ccsc2)C2CC2)n1. The minimum absolute atomic E-state index is 0.360. The average molecular weight is 278 g/mol. The van der Waals surface area contributed by atoms with Gasteiger partial charge in [-0.05, 0) is 35.2 Å². The first-order chi connectivity index (χ1) is 9.28. The molecule has 0 radical (unpaired) electrons. The predicted octanol–water partition coefficient (Wildman–Crippen LogP) is 2.89. The Morgan fingerprint density at radius 3 is 3.00 bits per heavy atom. The Hall–Kier alpha value is -1.69. The van der Waals surface area contributed by atoms with E-state index in [0.717, 1.165) is 12.8 Å². The fourth-order valence-electron chi connectivity index (χ4n) is 2.02. The van der Waals surface area contributed by atoms with Gasteiger partial charge in [0.25, 0.3) is 0 Å². The number of halogens is 1. The van der Waals surface area contributed by atoms with Crippen LogP contribution in [0.3, 0.4) is 0 Å². The van der Waals surface area contributed by atoms with Crippen LogP contribution in [0.1, 0.15) is 18.4 Å². The Balaban J connectivity index is 1.91. The molecule has 1 N–H and O–H groups in total. The Labute approximate surface area is 115 Å². The fraction of sp³-hybridized carbons (Fsp3) is 0.385. The van der Waals surface area contributed by atoms with E-state index in [2.05, 4.69) is 26.7 Å². The Morgan fingerprint density at radius 2 is 2.37 bits per heavy atom. The summed E-state index contributed by atoms with van der Waals surface area (Å²) in [5.41, 5.74) is 1.20. The van der Waals surface area contributed by atoms with Crippen molar-refractivity contribution in [3.63, 3.8) is 0 Å². The van der Waals surface area contributed by atoms with E-state index in [1.165, 1.54) is 11.8 Å². The Morgan fingerprint density at radius 1 is 1.53 bits per heavy atom. The van der Waals surface area contributed by atoms with Gasteiger partial charge >= 0.3 is 0 Å². The first-order valence-electron chi connectivity index (χ1n) is 6.26. The van der Waals surface area contributed by atoms with E-state index in [9.17, 15) is 4.39 Å². The van der Waals surface area contributed by atoms with E-state index < -0.39 is 0 Å². The summed E-state index contributed by atoms with van der Waals surface area (Å²) in [6.45, 7) is 0.700. The molecule has 0 bridgehead atoms. The van der Waals surface area contributed by atoms with Crippen LogP contribution in [0.4, 0.5) is 16.2 Å². The largest absolute Gasteiger partial charge is 0.357 e. The molecular weight excluding hydrogens is 263 g/mol. The zero-order chi connectivity index (χ0) is 13.2. The summed E-state index contributed by atoms with van der Waals surface area (Å²) in [6, 6.07) is 2.46. The molecule has 19 heavy (non-hydrogen) atoms. The zero-order valence-electron chi connectivity index (χ0n) is 10.6. The summed E-state index contributed by atoms with van der Waals surface area (Å²) in [4.78, 5) is 10.2. The number of hydrogen-bond donors (Lipinski definition) is 1. The van der Waals surface area contributed by atoms with Crippen molar-refractivity contribution in [3.8, 4) is 0 Å². The summed E-state index contributed by atoms with van der Waals surface area (Å²) in [6.07, 6.45) is 3.43. The van der Waals surface area contributed by atoms with Crippen molar-refractivity contribution in [2.24, 2.45) is 0 Å². The van der Waals surface area contributed by atoms with Crippen LogP contribution in [0.25, 0.3) is 0 Å². The maximum atomic E-state index is 14.0. The lowest BCUT2D eigenvalue weighted by molar-refractivity contribution is 0.599. The van der Waals surface area contributed by atoms with Gasteiger partial charge in [0.15, 0.2) is 11.6 Å². The van der Waals surface area contributed by atoms with Crippen molar-refractivity contribution in [2.45, 2.75) is 25.4 Å². The lowest BCUT2D eigenvalue weighted by Crippen LogP contribution is -2.27. The average Bonchev–Trinajstić information content (AvgIpc) is 3.14. The molecule has 6 heteroatoms. The molecule has 3 rings (SSSR count). The van der Waals surface area contributed by atoms with Crippen molar-refractivity contribution >= 4 is 23.1 Å². The molecule has 1 aliphatic rings. The number of nitrogens with zero attached hydrogens (tertiary/aromatic N) is 3. The molecule has 0 amide bonds. The zero-order valence-corrected chi connectivity index (χ0v) is 11.5. The van der Waals surface area contributed by atoms with Gasteiger partial charge in [-0.15, -0.1) is 0 Å². The minimum atomic E-state index is -0.360. The molecule has 1 aliphatic carbocycles. The summed E-state index contributed by atoms with van der Waals surface area (Å²) in [7, 11) is 1.73. The van der Waals surface area contributed by atoms with Crippen molar-refractivity contribution in [1.82, 2.24) is 9.97 Å². The van der Waals surface area contributed by atoms with E-state index in [1.54, 1.807) is 18.4 Å². The van der Waals surface area contributed by atoms with Gasteiger partial charge in [-0.25, -0.2) is 9.37 Å². The summed E-state index contributed by atoms with van der Waals surface area (Å²) in [5.74, 6) is 0.488. The molecule has 0 atom stereocenters. The summed E-state index contributed by atoms with van der Waals surface area (Å²) < 4.78 is 14.0. The monoisotopic (exact) mass is 278 g/mol. The molecule has 0 saturated heterocycles. The van der Waals surface area contributed by atoms with Crippen LogP contribution in [0.2, 0.25) is 0 Å². The topological polar surface area (TPSA) is 41.1 Å². The summed E-state index contributed by atoms with van der Waals surface area (Å²) in [5, 5.41) is 6.98. The third-order valence-corrected chi connectivity index (χ3v) is 3.87. The third kappa shape index (κ3) is 2.68. The second-order valence-electron chi connectivity index (χ2n) is 4.61. The first-order valence-corrected chi connectivity index (χ1v) is 7.20. The Bertz CT molecular complexity index is 554. The van der Waals surface area contributed by atoms with Crippen molar-refractivity contribution in [1.29, 1.82) is 0 Å². The molecule has 1 saturated carbocycles. The summed E-state index contributed by atoms with van der Waals surface area (Å²) >= 11 is 1.66. The number of aromatic nitrogens is 2. The molecule has 2 heterocycles. The number of nitrogens with one attached hydrogen (secondary N) is 1. The van der Waals surface area contributed by atoms with E-state index in [-0.39, 0.29) is 5.82 Å². The first kappa shape index (κ1) is 12.3. The highest BCUT2D eigenvalue weighted by atomic mass is 32.1. The maximum absolute atomic E-state index is 14.0. The van der Waals surface area contributed by atoms with Crippen LogP contribution in [-0.2, 0) is 6.54 Å². The van der Waals surface area contributed by atoms with Crippen LogP contribution in [0.5, 0.6) is 0 Å². The van der Waals surface area contributed by atoms with E-state index in [4.69, 9.17) is 0 Å². The highest BCUT2D eigenvalue weighted by Crippen LogP contribution is 2.33. The van der Waals surface area contributed by atoms with Gasteiger partial charge in [-0.1, -0.05) is 0 Å². The Kier molecular flexibility index (Phi) is 3.33. The lowest BCUT2D eigenvalue weighted by atomic mass is 10.3. The number of hydrogen-bond acceptors (Lipinski definition) is 5. The van der Waals surface area contributed by atoms with Gasteiger partial charge in [0, 0.05) is 19.6 Å². The molecule has 2 aromatic heterocycles. The number of thiophene rings is 1.